The van der Waals surface area contributed by atoms with Crippen LogP contribution in [-0.4, -0.2) is 24.1 Å². The molecule has 4 nitrogen and oxygen atoms in total. The van der Waals surface area contributed by atoms with Gasteiger partial charge in [-0.1, -0.05) is 34.1 Å². The predicted octanol–water partition coefficient (Wildman–Crippen LogP) is 4.38. The molecule has 132 valence electrons. The zero-order valence-electron chi connectivity index (χ0n) is 14.0. The third-order valence-corrected chi connectivity index (χ3v) is 5.06. The van der Waals surface area contributed by atoms with Gasteiger partial charge >= 0.3 is 0 Å². The molecule has 0 heterocycles. The maximum absolute atomic E-state index is 11.9. The van der Waals surface area contributed by atoms with Gasteiger partial charge in [-0.2, -0.15) is 0 Å². The van der Waals surface area contributed by atoms with E-state index in [2.05, 4.69) is 38.7 Å². The van der Waals surface area contributed by atoms with Crippen LogP contribution in [0, 0.1) is 6.92 Å². The van der Waals surface area contributed by atoms with E-state index >= 15 is 0 Å². The lowest BCUT2D eigenvalue weighted by Crippen LogP contribution is -2.32. The summed E-state index contributed by atoms with van der Waals surface area (Å²) in [6, 6.07) is 15.7. The Morgan fingerprint density at radius 1 is 1.08 bits per heavy atom. The van der Waals surface area contributed by atoms with Gasteiger partial charge in [0.1, 0.15) is 0 Å². The van der Waals surface area contributed by atoms with Crippen LogP contribution in [0.1, 0.15) is 18.4 Å². The van der Waals surface area contributed by atoms with Crippen LogP contribution < -0.4 is 10.6 Å². The van der Waals surface area contributed by atoms with Gasteiger partial charge in [0.2, 0.25) is 11.8 Å². The van der Waals surface area contributed by atoms with Crippen molar-refractivity contribution in [3.8, 4) is 0 Å². The lowest BCUT2D eigenvalue weighted by atomic mass is 10.2. The van der Waals surface area contributed by atoms with Crippen molar-refractivity contribution in [3.63, 3.8) is 0 Å². The first kappa shape index (κ1) is 19.5. The van der Waals surface area contributed by atoms with Crippen molar-refractivity contribution in [3.05, 3.63) is 58.6 Å². The molecule has 2 aromatic carbocycles. The lowest BCUT2D eigenvalue weighted by Gasteiger charge is -2.09. The average Bonchev–Trinajstić information content (AvgIpc) is 2.60. The van der Waals surface area contributed by atoms with Crippen LogP contribution in [-0.2, 0) is 9.59 Å². The molecule has 0 spiro atoms. The number of anilines is 1. The highest BCUT2D eigenvalue weighted by Gasteiger charge is 2.07. The minimum atomic E-state index is -0.225. The van der Waals surface area contributed by atoms with Crippen LogP contribution in [0.4, 0.5) is 5.69 Å². The van der Waals surface area contributed by atoms with Gasteiger partial charge in [0.05, 0.1) is 6.54 Å². The second-order valence-electron chi connectivity index (χ2n) is 5.55. The van der Waals surface area contributed by atoms with Crippen LogP contribution in [0.5, 0.6) is 0 Å². The van der Waals surface area contributed by atoms with E-state index in [0.717, 1.165) is 27.9 Å². The van der Waals surface area contributed by atoms with Crippen LogP contribution in [0.3, 0.4) is 0 Å². The summed E-state index contributed by atoms with van der Waals surface area (Å²) in [5.74, 6) is 0.551. The van der Waals surface area contributed by atoms with Crippen molar-refractivity contribution >= 4 is 45.2 Å². The molecule has 0 unspecified atom stereocenters. The van der Waals surface area contributed by atoms with Gasteiger partial charge in [-0.3, -0.25) is 9.59 Å². The molecule has 2 aromatic rings. The molecule has 0 aliphatic heterocycles. The van der Waals surface area contributed by atoms with E-state index in [9.17, 15) is 9.59 Å². The molecule has 0 saturated heterocycles. The molecule has 25 heavy (non-hydrogen) atoms. The number of carbonyl (C=O) groups is 2. The number of benzene rings is 2. The quantitative estimate of drug-likeness (QED) is 0.491. The van der Waals surface area contributed by atoms with Crippen molar-refractivity contribution in [2.24, 2.45) is 0 Å². The summed E-state index contributed by atoms with van der Waals surface area (Å²) in [5, 5.41) is 5.47. The normalized spacial score (nSPS) is 10.3. The van der Waals surface area contributed by atoms with E-state index in [0.29, 0.717) is 6.42 Å². The molecule has 0 aromatic heterocycles. The van der Waals surface area contributed by atoms with Crippen molar-refractivity contribution in [2.45, 2.75) is 24.7 Å². The molecule has 0 fully saturated rings. The Morgan fingerprint density at radius 2 is 1.84 bits per heavy atom. The zero-order valence-corrected chi connectivity index (χ0v) is 16.5. The predicted molar refractivity (Wildman–Crippen MR) is 107 cm³/mol. The number of carbonyl (C=O) groups excluding carboxylic acids is 2. The van der Waals surface area contributed by atoms with E-state index in [1.165, 1.54) is 4.90 Å². The minimum absolute atomic E-state index is 0.0137. The first-order valence-electron chi connectivity index (χ1n) is 8.05. The number of thioether (sulfide) groups is 1. The molecule has 0 atom stereocenters. The Labute approximate surface area is 160 Å². The van der Waals surface area contributed by atoms with Gasteiger partial charge in [0, 0.05) is 21.5 Å². The number of aryl methyl sites for hydroxylation is 1. The summed E-state index contributed by atoms with van der Waals surface area (Å²) in [6.45, 7) is 1.91. The third-order valence-electron chi connectivity index (χ3n) is 3.47. The summed E-state index contributed by atoms with van der Waals surface area (Å²) in [7, 11) is 0. The number of hydrogen-bond acceptors (Lipinski definition) is 3. The maximum Gasteiger partial charge on any atom is 0.243 e. The molecular formula is C19H21BrN2O2S. The molecule has 0 bridgehead atoms. The molecule has 2 amide bonds. The second kappa shape index (κ2) is 10.3. The molecule has 0 aliphatic rings. The molecule has 6 heteroatoms. The number of amides is 2. The Bertz CT molecular complexity index is 723. The molecule has 2 N–H and O–H groups in total. The summed E-state index contributed by atoms with van der Waals surface area (Å²) < 4.78 is 0.963. The Kier molecular flexibility index (Phi) is 8.01. The first-order chi connectivity index (χ1) is 12.0. The van der Waals surface area contributed by atoms with Gasteiger partial charge in [0.25, 0.3) is 0 Å². The highest BCUT2D eigenvalue weighted by Crippen LogP contribution is 2.20. The largest absolute Gasteiger partial charge is 0.347 e. The fourth-order valence-corrected chi connectivity index (χ4v) is 3.52. The van der Waals surface area contributed by atoms with Crippen molar-refractivity contribution in [2.75, 3.05) is 17.6 Å². The molecule has 0 radical (unpaired) electrons. The Hall–Kier alpha value is -1.79. The summed E-state index contributed by atoms with van der Waals surface area (Å²) in [6.07, 6.45) is 1.20. The summed E-state index contributed by atoms with van der Waals surface area (Å²) in [4.78, 5) is 24.9. The smallest absolute Gasteiger partial charge is 0.243 e. The lowest BCUT2D eigenvalue weighted by molar-refractivity contribution is -0.124. The van der Waals surface area contributed by atoms with Gasteiger partial charge in [0.15, 0.2) is 0 Å². The third kappa shape index (κ3) is 7.32. The standard InChI is InChI=1S/C19H21BrN2O2S/c1-14-12-15(20)9-10-17(14)22-19(24)13-21-18(23)8-5-11-25-16-6-3-2-4-7-16/h2-4,6-7,9-10,12H,5,8,11,13H2,1H3,(H,21,23)(H,22,24). The Balaban J connectivity index is 1.63. The highest BCUT2D eigenvalue weighted by molar-refractivity contribution is 9.10. The number of rotatable bonds is 8. The molecule has 0 saturated carbocycles. The van der Waals surface area contributed by atoms with Crippen LogP contribution in [0.25, 0.3) is 0 Å². The van der Waals surface area contributed by atoms with Gasteiger partial charge in [-0.25, -0.2) is 0 Å². The minimum Gasteiger partial charge on any atom is -0.347 e. The summed E-state index contributed by atoms with van der Waals surface area (Å²) >= 11 is 5.11. The van der Waals surface area contributed by atoms with E-state index in [1.807, 2.05) is 43.3 Å². The number of halogens is 1. The molecule has 2 rings (SSSR count). The van der Waals surface area contributed by atoms with Gasteiger partial charge in [-0.05, 0) is 55.0 Å². The SMILES string of the molecule is Cc1cc(Br)ccc1NC(=O)CNC(=O)CCCSc1ccccc1. The fourth-order valence-electron chi connectivity index (χ4n) is 2.17. The van der Waals surface area contributed by atoms with Crippen molar-refractivity contribution in [1.29, 1.82) is 0 Å². The second-order valence-corrected chi connectivity index (χ2v) is 7.63. The summed E-state index contributed by atoms with van der Waals surface area (Å²) in [5.41, 5.74) is 1.72. The molecule has 0 aliphatic carbocycles. The average molecular weight is 421 g/mol. The van der Waals surface area contributed by atoms with E-state index in [4.69, 9.17) is 0 Å². The number of hydrogen-bond donors (Lipinski definition) is 2. The van der Waals surface area contributed by atoms with Gasteiger partial charge in [-0.15, -0.1) is 11.8 Å². The van der Waals surface area contributed by atoms with E-state index in [-0.39, 0.29) is 18.4 Å². The Morgan fingerprint density at radius 3 is 2.56 bits per heavy atom. The zero-order chi connectivity index (χ0) is 18.1. The monoisotopic (exact) mass is 420 g/mol. The van der Waals surface area contributed by atoms with Crippen LogP contribution in [0.15, 0.2) is 57.9 Å². The van der Waals surface area contributed by atoms with E-state index < -0.39 is 0 Å². The maximum atomic E-state index is 11.9. The van der Waals surface area contributed by atoms with Crippen molar-refractivity contribution in [1.82, 2.24) is 5.32 Å². The van der Waals surface area contributed by atoms with Crippen molar-refractivity contribution < 1.29 is 9.59 Å². The van der Waals surface area contributed by atoms with Gasteiger partial charge < -0.3 is 10.6 Å². The first-order valence-corrected chi connectivity index (χ1v) is 9.83. The van der Waals surface area contributed by atoms with Crippen LogP contribution in [0.2, 0.25) is 0 Å². The fraction of sp³-hybridized carbons (Fsp3) is 0.263. The van der Waals surface area contributed by atoms with E-state index in [1.54, 1.807) is 11.8 Å². The molecular weight excluding hydrogens is 400 g/mol. The van der Waals surface area contributed by atoms with Crippen LogP contribution >= 0.6 is 27.7 Å². The number of nitrogens with one attached hydrogen (secondary N) is 2. The highest BCUT2D eigenvalue weighted by atomic mass is 79.9. The topological polar surface area (TPSA) is 58.2 Å².